The SMILES string of the molecule is CCCNCC1CCN(S(=O)(=O)NCCC(C)(C)C)CC1. The molecule has 0 aromatic heterocycles. The fourth-order valence-electron chi connectivity index (χ4n) is 2.48. The molecule has 0 radical (unpaired) electrons. The molecule has 21 heavy (non-hydrogen) atoms. The van der Waals surface area contributed by atoms with Gasteiger partial charge in [0.05, 0.1) is 0 Å². The van der Waals surface area contributed by atoms with Gasteiger partial charge in [-0.1, -0.05) is 27.7 Å². The molecule has 0 aromatic carbocycles. The quantitative estimate of drug-likeness (QED) is 0.672. The summed E-state index contributed by atoms with van der Waals surface area (Å²) in [7, 11) is -3.29. The summed E-state index contributed by atoms with van der Waals surface area (Å²) in [5.74, 6) is 0.609. The molecule has 0 bridgehead atoms. The second-order valence-corrected chi connectivity index (χ2v) is 9.01. The van der Waals surface area contributed by atoms with Crippen LogP contribution in [0.3, 0.4) is 0 Å². The molecule has 1 aliphatic heterocycles. The van der Waals surface area contributed by atoms with Crippen molar-refractivity contribution in [2.75, 3.05) is 32.7 Å². The maximum atomic E-state index is 12.2. The first kappa shape index (κ1) is 18.9. The van der Waals surface area contributed by atoms with E-state index in [0.717, 1.165) is 38.8 Å². The Morgan fingerprint density at radius 2 is 1.76 bits per heavy atom. The van der Waals surface area contributed by atoms with Crippen molar-refractivity contribution in [2.24, 2.45) is 11.3 Å². The lowest BCUT2D eigenvalue weighted by Gasteiger charge is -2.31. The van der Waals surface area contributed by atoms with Crippen molar-refractivity contribution in [3.8, 4) is 0 Å². The standard InChI is InChI=1S/C15H33N3O2S/c1-5-9-16-13-14-6-11-18(12-7-14)21(19,20)17-10-8-15(2,3)4/h14,16-17H,5-13H2,1-4H3. The molecule has 6 heteroatoms. The van der Waals surface area contributed by atoms with E-state index in [1.807, 2.05) is 0 Å². The summed E-state index contributed by atoms with van der Waals surface area (Å²) in [6.45, 7) is 12.4. The normalized spacial score (nSPS) is 19.0. The first-order chi connectivity index (χ1) is 9.74. The number of nitrogens with one attached hydrogen (secondary N) is 2. The van der Waals surface area contributed by atoms with Crippen LogP contribution in [-0.4, -0.2) is 45.4 Å². The summed E-state index contributed by atoms with van der Waals surface area (Å²) in [4.78, 5) is 0. The number of hydrogen-bond acceptors (Lipinski definition) is 3. The van der Waals surface area contributed by atoms with Gasteiger partial charge in [-0.2, -0.15) is 12.7 Å². The molecule has 0 aliphatic carbocycles. The molecule has 1 saturated heterocycles. The van der Waals surface area contributed by atoms with E-state index in [-0.39, 0.29) is 5.41 Å². The molecule has 1 heterocycles. The number of hydrogen-bond donors (Lipinski definition) is 2. The van der Waals surface area contributed by atoms with Gasteiger partial charge in [-0.15, -0.1) is 0 Å². The maximum Gasteiger partial charge on any atom is 0.279 e. The minimum atomic E-state index is -3.29. The van der Waals surface area contributed by atoms with Crippen molar-refractivity contribution >= 4 is 10.2 Å². The zero-order valence-corrected chi connectivity index (χ0v) is 14.9. The van der Waals surface area contributed by atoms with Crippen molar-refractivity contribution in [2.45, 2.75) is 53.4 Å². The Bertz CT molecular complexity index is 382. The zero-order valence-electron chi connectivity index (χ0n) is 14.1. The first-order valence-electron chi connectivity index (χ1n) is 8.20. The van der Waals surface area contributed by atoms with E-state index >= 15 is 0 Å². The highest BCUT2D eigenvalue weighted by Crippen LogP contribution is 2.20. The molecule has 0 unspecified atom stereocenters. The van der Waals surface area contributed by atoms with Crippen LogP contribution in [0.25, 0.3) is 0 Å². The monoisotopic (exact) mass is 319 g/mol. The van der Waals surface area contributed by atoms with E-state index in [1.165, 1.54) is 0 Å². The summed E-state index contributed by atoms with van der Waals surface area (Å²) in [5.41, 5.74) is 0.153. The van der Waals surface area contributed by atoms with Crippen LogP contribution in [0.1, 0.15) is 53.4 Å². The summed E-state index contributed by atoms with van der Waals surface area (Å²) in [6.07, 6.45) is 3.91. The lowest BCUT2D eigenvalue weighted by molar-refractivity contribution is 0.264. The van der Waals surface area contributed by atoms with E-state index in [0.29, 0.717) is 25.6 Å². The maximum absolute atomic E-state index is 12.2. The van der Waals surface area contributed by atoms with Gasteiger partial charge in [-0.3, -0.25) is 0 Å². The van der Waals surface area contributed by atoms with Crippen LogP contribution in [-0.2, 0) is 10.2 Å². The van der Waals surface area contributed by atoms with Gasteiger partial charge in [0.25, 0.3) is 10.2 Å². The molecule has 0 spiro atoms. The van der Waals surface area contributed by atoms with Crippen molar-refractivity contribution in [3.05, 3.63) is 0 Å². The Labute approximate surface area is 131 Å². The average molecular weight is 320 g/mol. The molecule has 0 atom stereocenters. The lowest BCUT2D eigenvalue weighted by atomic mass is 9.93. The fourth-order valence-corrected chi connectivity index (χ4v) is 3.72. The van der Waals surface area contributed by atoms with E-state index in [4.69, 9.17) is 0 Å². The zero-order chi connectivity index (χ0) is 15.9. The molecule has 2 N–H and O–H groups in total. The Hall–Kier alpha value is -0.170. The van der Waals surface area contributed by atoms with E-state index in [1.54, 1.807) is 4.31 Å². The van der Waals surface area contributed by atoms with Crippen molar-refractivity contribution in [1.82, 2.24) is 14.3 Å². The first-order valence-corrected chi connectivity index (χ1v) is 9.64. The van der Waals surface area contributed by atoms with Gasteiger partial charge < -0.3 is 5.32 Å². The second-order valence-electron chi connectivity index (χ2n) is 7.26. The van der Waals surface area contributed by atoms with Gasteiger partial charge in [0.1, 0.15) is 0 Å². The summed E-state index contributed by atoms with van der Waals surface area (Å²) in [6, 6.07) is 0. The van der Waals surface area contributed by atoms with Crippen LogP contribution < -0.4 is 10.0 Å². The molecule has 5 nitrogen and oxygen atoms in total. The van der Waals surface area contributed by atoms with Gasteiger partial charge >= 0.3 is 0 Å². The van der Waals surface area contributed by atoms with Crippen LogP contribution >= 0.6 is 0 Å². The smallest absolute Gasteiger partial charge is 0.279 e. The van der Waals surface area contributed by atoms with Crippen LogP contribution in [0.15, 0.2) is 0 Å². The van der Waals surface area contributed by atoms with Crippen molar-refractivity contribution < 1.29 is 8.42 Å². The third kappa shape index (κ3) is 7.58. The predicted octanol–water partition coefficient (Wildman–Crippen LogP) is 1.97. The molecular weight excluding hydrogens is 286 g/mol. The van der Waals surface area contributed by atoms with Gasteiger partial charge in [0.15, 0.2) is 0 Å². The highest BCUT2D eigenvalue weighted by molar-refractivity contribution is 7.87. The Balaban J connectivity index is 2.31. The lowest BCUT2D eigenvalue weighted by Crippen LogP contribution is -2.46. The highest BCUT2D eigenvalue weighted by atomic mass is 32.2. The van der Waals surface area contributed by atoms with E-state index < -0.39 is 10.2 Å². The predicted molar refractivity (Wildman–Crippen MR) is 88.5 cm³/mol. The van der Waals surface area contributed by atoms with Gasteiger partial charge in [0, 0.05) is 19.6 Å². The summed E-state index contributed by atoms with van der Waals surface area (Å²) >= 11 is 0. The van der Waals surface area contributed by atoms with E-state index in [2.05, 4.69) is 37.7 Å². The molecule has 0 saturated carbocycles. The van der Waals surface area contributed by atoms with Gasteiger partial charge in [-0.25, -0.2) is 4.72 Å². The van der Waals surface area contributed by atoms with Gasteiger partial charge in [0.2, 0.25) is 0 Å². The molecular formula is C15H33N3O2S. The summed E-state index contributed by atoms with van der Waals surface area (Å²) in [5, 5.41) is 3.43. The molecule has 1 aliphatic rings. The highest BCUT2D eigenvalue weighted by Gasteiger charge is 2.27. The molecule has 1 rings (SSSR count). The Kier molecular flexibility index (Phi) is 7.60. The summed E-state index contributed by atoms with van der Waals surface area (Å²) < 4.78 is 28.8. The minimum Gasteiger partial charge on any atom is -0.316 e. The minimum absolute atomic E-state index is 0.153. The number of rotatable bonds is 8. The van der Waals surface area contributed by atoms with Crippen LogP contribution in [0.4, 0.5) is 0 Å². The molecule has 0 amide bonds. The van der Waals surface area contributed by atoms with Crippen LogP contribution in [0.2, 0.25) is 0 Å². The second kappa shape index (κ2) is 8.46. The van der Waals surface area contributed by atoms with Crippen molar-refractivity contribution in [3.63, 3.8) is 0 Å². The Morgan fingerprint density at radius 1 is 1.14 bits per heavy atom. The average Bonchev–Trinajstić information content (AvgIpc) is 2.38. The molecule has 1 fully saturated rings. The van der Waals surface area contributed by atoms with Crippen molar-refractivity contribution in [1.29, 1.82) is 0 Å². The molecule has 0 aromatic rings. The fraction of sp³-hybridized carbons (Fsp3) is 1.00. The van der Waals surface area contributed by atoms with E-state index in [9.17, 15) is 8.42 Å². The molecule has 126 valence electrons. The number of piperidine rings is 1. The number of nitrogens with zero attached hydrogens (tertiary/aromatic N) is 1. The van der Waals surface area contributed by atoms with Crippen LogP contribution in [0, 0.1) is 11.3 Å². The third-order valence-corrected chi connectivity index (χ3v) is 5.55. The largest absolute Gasteiger partial charge is 0.316 e. The topological polar surface area (TPSA) is 61.4 Å². The third-order valence-electron chi connectivity index (χ3n) is 3.93. The van der Waals surface area contributed by atoms with Crippen LogP contribution in [0.5, 0.6) is 0 Å². The van der Waals surface area contributed by atoms with Gasteiger partial charge in [-0.05, 0) is 50.1 Å². The Morgan fingerprint density at radius 3 is 2.29 bits per heavy atom.